The van der Waals surface area contributed by atoms with Gasteiger partial charge in [-0.25, -0.2) is 4.79 Å². The molecule has 7 heteroatoms. The van der Waals surface area contributed by atoms with Gasteiger partial charge in [-0.15, -0.1) is 0 Å². The van der Waals surface area contributed by atoms with Gasteiger partial charge in [0.05, 0.1) is 0 Å². The lowest BCUT2D eigenvalue weighted by Gasteiger charge is -2.08. The number of Topliss-reactive ketones (excluding diaryl/α,β-unsaturated/α-hetero) is 1. The predicted molar refractivity (Wildman–Crippen MR) is 51.2 cm³/mol. The van der Waals surface area contributed by atoms with Gasteiger partial charge in [0.1, 0.15) is 18.2 Å². The van der Waals surface area contributed by atoms with Gasteiger partial charge in [-0.3, -0.25) is 14.4 Å². The van der Waals surface area contributed by atoms with E-state index in [1.807, 2.05) is 0 Å². The van der Waals surface area contributed by atoms with Crippen LogP contribution in [0, 0.1) is 0 Å². The molecular weight excluding hydrogens is 218 g/mol. The maximum absolute atomic E-state index is 11.1. The molecule has 0 saturated heterocycles. The highest BCUT2D eigenvalue weighted by atomic mass is 16.6. The number of carboxylic acid groups (broad SMARTS) is 1. The average Bonchev–Trinajstić information content (AvgIpc) is 2.12. The molecule has 0 aromatic carbocycles. The Labute approximate surface area is 91.6 Å². The summed E-state index contributed by atoms with van der Waals surface area (Å²) in [6.45, 7) is 1.18. The molecule has 0 saturated carbocycles. The lowest BCUT2D eigenvalue weighted by molar-refractivity contribution is -0.161. The van der Waals surface area contributed by atoms with Crippen LogP contribution in [0.3, 0.4) is 0 Å². The monoisotopic (exact) mass is 231 g/mol. The van der Waals surface area contributed by atoms with E-state index in [9.17, 15) is 19.2 Å². The molecule has 0 rings (SSSR count). The van der Waals surface area contributed by atoms with Gasteiger partial charge < -0.3 is 15.6 Å². The number of carboxylic acids is 1. The van der Waals surface area contributed by atoms with E-state index in [4.69, 9.17) is 10.8 Å². The van der Waals surface area contributed by atoms with Crippen LogP contribution in [0.1, 0.15) is 26.2 Å². The third-order valence-electron chi connectivity index (χ3n) is 1.58. The van der Waals surface area contributed by atoms with Gasteiger partial charge >= 0.3 is 17.9 Å². The van der Waals surface area contributed by atoms with Crippen molar-refractivity contribution >= 4 is 23.7 Å². The van der Waals surface area contributed by atoms with Crippen molar-refractivity contribution in [2.45, 2.75) is 32.2 Å². The largest absolute Gasteiger partial charge is 0.481 e. The van der Waals surface area contributed by atoms with Gasteiger partial charge in [0.15, 0.2) is 0 Å². The number of nitrogens with two attached hydrogens (primary N) is 1. The average molecular weight is 231 g/mol. The topological polar surface area (TPSA) is 124 Å². The Balaban J connectivity index is 4.00. The standard InChI is InChI=1S/C9H13NO6/c1-5(11)4-8(14)16-9(15)6(10)2-3-7(12)13/h6H,2-4,10H2,1H3,(H,12,13)/t6-/m1/s1. The molecule has 1 atom stereocenters. The Morgan fingerprint density at radius 3 is 2.31 bits per heavy atom. The van der Waals surface area contributed by atoms with Crippen LogP contribution in [-0.4, -0.2) is 34.8 Å². The zero-order chi connectivity index (χ0) is 12.7. The first-order valence-electron chi connectivity index (χ1n) is 4.54. The predicted octanol–water partition coefficient (Wildman–Crippen LogP) is -0.773. The van der Waals surface area contributed by atoms with Crippen molar-refractivity contribution in [2.24, 2.45) is 5.73 Å². The number of ketones is 1. The summed E-state index contributed by atoms with van der Waals surface area (Å²) in [4.78, 5) is 42.6. The van der Waals surface area contributed by atoms with Crippen LogP contribution in [0.15, 0.2) is 0 Å². The molecule has 16 heavy (non-hydrogen) atoms. The van der Waals surface area contributed by atoms with Crippen LogP contribution in [0.4, 0.5) is 0 Å². The van der Waals surface area contributed by atoms with E-state index in [1.165, 1.54) is 6.92 Å². The van der Waals surface area contributed by atoms with E-state index >= 15 is 0 Å². The molecule has 0 unspecified atom stereocenters. The molecule has 0 aliphatic rings. The Kier molecular flexibility index (Phi) is 5.94. The number of ether oxygens (including phenoxy) is 1. The summed E-state index contributed by atoms with van der Waals surface area (Å²) in [5.74, 6) is -3.54. The van der Waals surface area contributed by atoms with Crippen LogP contribution in [0.2, 0.25) is 0 Å². The molecule has 7 nitrogen and oxygen atoms in total. The zero-order valence-electron chi connectivity index (χ0n) is 8.76. The Morgan fingerprint density at radius 2 is 1.88 bits per heavy atom. The van der Waals surface area contributed by atoms with Crippen molar-refractivity contribution in [1.29, 1.82) is 0 Å². The van der Waals surface area contributed by atoms with E-state index in [1.54, 1.807) is 0 Å². The quantitative estimate of drug-likeness (QED) is 0.454. The van der Waals surface area contributed by atoms with E-state index in [0.717, 1.165) is 0 Å². The Bertz CT molecular complexity index is 311. The summed E-state index contributed by atoms with van der Waals surface area (Å²) in [5.41, 5.74) is 5.27. The number of hydrogen-bond acceptors (Lipinski definition) is 6. The molecule has 0 aromatic rings. The first kappa shape index (κ1) is 14.2. The van der Waals surface area contributed by atoms with Gasteiger partial charge in [-0.05, 0) is 13.3 Å². The second-order valence-corrected chi connectivity index (χ2v) is 3.21. The highest BCUT2D eigenvalue weighted by Crippen LogP contribution is 1.99. The van der Waals surface area contributed by atoms with Gasteiger partial charge in [-0.2, -0.15) is 0 Å². The van der Waals surface area contributed by atoms with Gasteiger partial charge in [0, 0.05) is 6.42 Å². The highest BCUT2D eigenvalue weighted by Gasteiger charge is 2.20. The number of carbonyl (C=O) groups excluding carboxylic acids is 3. The van der Waals surface area contributed by atoms with E-state index in [0.29, 0.717) is 0 Å². The van der Waals surface area contributed by atoms with Crippen LogP contribution >= 0.6 is 0 Å². The third-order valence-corrected chi connectivity index (χ3v) is 1.58. The smallest absolute Gasteiger partial charge is 0.330 e. The maximum atomic E-state index is 11.1. The van der Waals surface area contributed by atoms with Crippen LogP contribution in [-0.2, 0) is 23.9 Å². The van der Waals surface area contributed by atoms with E-state index in [-0.39, 0.29) is 12.8 Å². The molecule has 0 aromatic heterocycles. The summed E-state index contributed by atoms with van der Waals surface area (Å²) in [5, 5.41) is 8.33. The van der Waals surface area contributed by atoms with E-state index in [2.05, 4.69) is 4.74 Å². The third kappa shape index (κ3) is 6.66. The molecular formula is C9H13NO6. The van der Waals surface area contributed by atoms with Crippen molar-refractivity contribution in [1.82, 2.24) is 0 Å². The van der Waals surface area contributed by atoms with Gasteiger partial charge in [0.2, 0.25) is 0 Å². The number of aliphatic carboxylic acids is 1. The minimum absolute atomic E-state index is 0.123. The molecule has 0 amide bonds. The first-order chi connectivity index (χ1) is 7.32. The lowest BCUT2D eigenvalue weighted by Crippen LogP contribution is -2.34. The number of esters is 2. The minimum Gasteiger partial charge on any atom is -0.481 e. The summed E-state index contributed by atoms with van der Waals surface area (Å²) in [7, 11) is 0. The van der Waals surface area contributed by atoms with Crippen molar-refractivity contribution in [3.8, 4) is 0 Å². The fourth-order valence-electron chi connectivity index (χ4n) is 0.824. The van der Waals surface area contributed by atoms with Crippen molar-refractivity contribution in [3.05, 3.63) is 0 Å². The fourth-order valence-corrected chi connectivity index (χ4v) is 0.824. The molecule has 90 valence electrons. The maximum Gasteiger partial charge on any atom is 0.330 e. The summed E-state index contributed by atoms with van der Waals surface area (Å²) >= 11 is 0. The van der Waals surface area contributed by atoms with Crippen molar-refractivity contribution in [2.75, 3.05) is 0 Å². The van der Waals surface area contributed by atoms with Crippen LogP contribution < -0.4 is 5.73 Å². The minimum atomic E-state index is -1.17. The second-order valence-electron chi connectivity index (χ2n) is 3.21. The Hall–Kier alpha value is -1.76. The zero-order valence-corrected chi connectivity index (χ0v) is 8.76. The molecule has 0 aliphatic carbocycles. The normalized spacial score (nSPS) is 11.6. The molecule has 3 N–H and O–H groups in total. The molecule has 0 bridgehead atoms. The van der Waals surface area contributed by atoms with Crippen LogP contribution in [0.25, 0.3) is 0 Å². The van der Waals surface area contributed by atoms with Crippen molar-refractivity contribution < 1.29 is 29.0 Å². The lowest BCUT2D eigenvalue weighted by atomic mass is 10.2. The molecule has 0 radical (unpaired) electrons. The van der Waals surface area contributed by atoms with Crippen LogP contribution in [0.5, 0.6) is 0 Å². The molecule has 0 spiro atoms. The number of hydrogen-bond donors (Lipinski definition) is 2. The summed E-state index contributed by atoms with van der Waals surface area (Å²) < 4.78 is 4.24. The summed E-state index contributed by atoms with van der Waals surface area (Å²) in [6, 6.07) is -1.17. The van der Waals surface area contributed by atoms with Crippen molar-refractivity contribution in [3.63, 3.8) is 0 Å². The fraction of sp³-hybridized carbons (Fsp3) is 0.556. The molecule has 0 aliphatic heterocycles. The highest BCUT2D eigenvalue weighted by molar-refractivity contribution is 5.99. The number of carbonyl (C=O) groups is 4. The van der Waals surface area contributed by atoms with Gasteiger partial charge in [-0.1, -0.05) is 0 Å². The SMILES string of the molecule is CC(=O)CC(=O)OC(=O)[C@H](N)CCC(=O)O. The molecule has 0 heterocycles. The number of rotatable bonds is 6. The Morgan fingerprint density at radius 1 is 1.31 bits per heavy atom. The first-order valence-corrected chi connectivity index (χ1v) is 4.54. The second kappa shape index (κ2) is 6.67. The van der Waals surface area contributed by atoms with E-state index < -0.39 is 36.2 Å². The van der Waals surface area contributed by atoms with Gasteiger partial charge in [0.25, 0.3) is 0 Å². The molecule has 0 fully saturated rings. The summed E-state index contributed by atoms with van der Waals surface area (Å²) in [6.07, 6.45) is -0.921.